The van der Waals surface area contributed by atoms with E-state index in [1.165, 1.54) is 6.07 Å². The molecule has 2 aromatic rings. The number of aromatic nitrogens is 3. The first-order valence-corrected chi connectivity index (χ1v) is 8.85. The highest BCUT2D eigenvalue weighted by Gasteiger charge is 2.41. The molecular weight excluding hydrogens is 349 g/mol. The Morgan fingerprint density at radius 2 is 2.19 bits per heavy atom. The Morgan fingerprint density at radius 3 is 2.81 bits per heavy atom. The summed E-state index contributed by atoms with van der Waals surface area (Å²) in [6.07, 6.45) is 5.97. The van der Waals surface area contributed by atoms with Gasteiger partial charge in [-0.2, -0.15) is 0 Å². The summed E-state index contributed by atoms with van der Waals surface area (Å²) in [4.78, 5) is 21.4. The molecule has 3 heterocycles. The van der Waals surface area contributed by atoms with Crippen LogP contribution in [0.1, 0.15) is 25.0 Å². The normalized spacial score (nSPS) is 20.3. The summed E-state index contributed by atoms with van der Waals surface area (Å²) in [5.41, 5.74) is 5.57. The standard InChI is InChI=1S/C18H20FN7O/c19-12-3-1-8-22-16(12)18(6-2-7-18)10-23-14-4-5-15(25-24-14)26-11-21-9-13(26)17(20)27/h1,3-5,8,11,13H,2,6-7,9-10H2,(H2,20,27)(H,23,24). The Bertz CT molecular complexity index is 866. The van der Waals surface area contributed by atoms with Gasteiger partial charge in [-0.25, -0.2) is 4.39 Å². The van der Waals surface area contributed by atoms with E-state index in [0.29, 0.717) is 30.4 Å². The van der Waals surface area contributed by atoms with Gasteiger partial charge in [0.1, 0.15) is 17.7 Å². The third kappa shape index (κ3) is 3.20. The molecule has 1 saturated carbocycles. The third-order valence-electron chi connectivity index (χ3n) is 5.24. The Hall–Kier alpha value is -3.10. The summed E-state index contributed by atoms with van der Waals surface area (Å²) in [5, 5.41) is 11.6. The van der Waals surface area contributed by atoms with E-state index in [-0.39, 0.29) is 11.2 Å². The number of amides is 1. The lowest BCUT2D eigenvalue weighted by atomic mass is 9.66. The Balaban J connectivity index is 1.45. The first kappa shape index (κ1) is 17.3. The molecule has 140 valence electrons. The average molecular weight is 369 g/mol. The molecule has 3 N–H and O–H groups in total. The second-order valence-electron chi connectivity index (χ2n) is 6.90. The minimum atomic E-state index is -0.538. The highest BCUT2D eigenvalue weighted by molar-refractivity contribution is 5.94. The van der Waals surface area contributed by atoms with Gasteiger partial charge in [-0.1, -0.05) is 6.42 Å². The van der Waals surface area contributed by atoms with Gasteiger partial charge in [0.2, 0.25) is 5.91 Å². The van der Waals surface area contributed by atoms with Crippen LogP contribution in [0.15, 0.2) is 35.5 Å². The number of halogens is 1. The average Bonchev–Trinajstić information content (AvgIpc) is 3.13. The second-order valence-corrected chi connectivity index (χ2v) is 6.90. The van der Waals surface area contributed by atoms with E-state index in [1.54, 1.807) is 35.6 Å². The zero-order valence-corrected chi connectivity index (χ0v) is 14.7. The van der Waals surface area contributed by atoms with Gasteiger partial charge in [0.15, 0.2) is 5.82 Å². The molecule has 1 aliphatic carbocycles. The van der Waals surface area contributed by atoms with E-state index < -0.39 is 11.9 Å². The smallest absolute Gasteiger partial charge is 0.242 e. The molecule has 9 heteroatoms. The van der Waals surface area contributed by atoms with E-state index in [0.717, 1.165) is 19.3 Å². The van der Waals surface area contributed by atoms with Crippen molar-refractivity contribution in [3.63, 3.8) is 0 Å². The largest absolute Gasteiger partial charge is 0.368 e. The summed E-state index contributed by atoms with van der Waals surface area (Å²) in [6, 6.07) is 6.03. The maximum atomic E-state index is 14.2. The van der Waals surface area contributed by atoms with Gasteiger partial charge in [0.25, 0.3) is 0 Å². The van der Waals surface area contributed by atoms with Crippen molar-refractivity contribution in [2.75, 3.05) is 23.3 Å². The van der Waals surface area contributed by atoms with Crippen molar-refractivity contribution >= 4 is 23.9 Å². The number of hydrogen-bond donors (Lipinski definition) is 2. The van der Waals surface area contributed by atoms with E-state index in [9.17, 15) is 9.18 Å². The summed E-state index contributed by atoms with van der Waals surface area (Å²) >= 11 is 0. The van der Waals surface area contributed by atoms with Crippen LogP contribution in [0.4, 0.5) is 16.0 Å². The Labute approximate surface area is 155 Å². The van der Waals surface area contributed by atoms with Crippen molar-refractivity contribution in [3.8, 4) is 0 Å². The van der Waals surface area contributed by atoms with Crippen LogP contribution in [0.5, 0.6) is 0 Å². The number of nitrogens with zero attached hydrogens (tertiary/aromatic N) is 5. The van der Waals surface area contributed by atoms with Gasteiger partial charge in [-0.15, -0.1) is 10.2 Å². The van der Waals surface area contributed by atoms with Gasteiger partial charge in [0, 0.05) is 18.2 Å². The topological polar surface area (TPSA) is 109 Å². The Morgan fingerprint density at radius 1 is 1.33 bits per heavy atom. The zero-order valence-electron chi connectivity index (χ0n) is 14.7. The molecule has 0 bridgehead atoms. The summed E-state index contributed by atoms with van der Waals surface area (Å²) < 4.78 is 14.2. The molecule has 0 saturated heterocycles. The molecule has 27 heavy (non-hydrogen) atoms. The summed E-state index contributed by atoms with van der Waals surface area (Å²) in [7, 11) is 0. The van der Waals surface area contributed by atoms with E-state index in [2.05, 4.69) is 25.5 Å². The predicted octanol–water partition coefficient (Wildman–Crippen LogP) is 1.25. The number of rotatable bonds is 6. The number of nitrogens with two attached hydrogens (primary N) is 1. The summed E-state index contributed by atoms with van der Waals surface area (Å²) in [6.45, 7) is 0.846. The van der Waals surface area contributed by atoms with Crippen LogP contribution in [-0.4, -0.2) is 46.6 Å². The lowest BCUT2D eigenvalue weighted by Gasteiger charge is -2.41. The molecule has 2 aromatic heterocycles. The van der Waals surface area contributed by atoms with Crippen LogP contribution in [-0.2, 0) is 10.2 Å². The van der Waals surface area contributed by atoms with Gasteiger partial charge in [0.05, 0.1) is 18.6 Å². The molecule has 0 spiro atoms. The van der Waals surface area contributed by atoms with Crippen LogP contribution < -0.4 is 16.0 Å². The van der Waals surface area contributed by atoms with Crippen molar-refractivity contribution < 1.29 is 9.18 Å². The SMILES string of the molecule is NC(=O)C1CN=CN1c1ccc(NCC2(c3ncccc3F)CCC2)nn1. The van der Waals surface area contributed by atoms with Crippen molar-refractivity contribution in [3.05, 3.63) is 42.0 Å². The highest BCUT2D eigenvalue weighted by Crippen LogP contribution is 2.43. The molecular formula is C18H20FN7O. The fourth-order valence-electron chi connectivity index (χ4n) is 3.54. The first-order chi connectivity index (χ1) is 13.1. The van der Waals surface area contributed by atoms with Crippen molar-refractivity contribution in [2.24, 2.45) is 10.7 Å². The van der Waals surface area contributed by atoms with E-state index in [4.69, 9.17) is 5.73 Å². The van der Waals surface area contributed by atoms with Crippen LogP contribution >= 0.6 is 0 Å². The molecule has 0 aromatic carbocycles. The minimum absolute atomic E-state index is 0.272. The second kappa shape index (κ2) is 6.90. The molecule has 1 fully saturated rings. The van der Waals surface area contributed by atoms with Crippen LogP contribution in [0, 0.1) is 5.82 Å². The highest BCUT2D eigenvalue weighted by atomic mass is 19.1. The van der Waals surface area contributed by atoms with Gasteiger partial charge >= 0.3 is 0 Å². The lowest BCUT2D eigenvalue weighted by molar-refractivity contribution is -0.118. The fourth-order valence-corrected chi connectivity index (χ4v) is 3.54. The number of nitrogens with one attached hydrogen (secondary N) is 1. The van der Waals surface area contributed by atoms with Crippen LogP contribution in [0.25, 0.3) is 0 Å². The van der Waals surface area contributed by atoms with Crippen molar-refractivity contribution in [1.82, 2.24) is 15.2 Å². The van der Waals surface area contributed by atoms with Crippen LogP contribution in [0.3, 0.4) is 0 Å². The number of pyridine rings is 1. The molecule has 1 aliphatic heterocycles. The molecule has 2 aliphatic rings. The van der Waals surface area contributed by atoms with Gasteiger partial charge in [-0.05, 0) is 37.1 Å². The maximum Gasteiger partial charge on any atom is 0.242 e. The number of primary amides is 1. The number of aliphatic imine (C=N–C) groups is 1. The summed E-state index contributed by atoms with van der Waals surface area (Å²) in [5.74, 6) is 0.347. The van der Waals surface area contributed by atoms with Crippen molar-refractivity contribution in [2.45, 2.75) is 30.7 Å². The predicted molar refractivity (Wildman–Crippen MR) is 99.1 cm³/mol. The number of anilines is 2. The third-order valence-corrected chi connectivity index (χ3v) is 5.24. The fraction of sp³-hybridized carbons (Fsp3) is 0.389. The van der Waals surface area contributed by atoms with E-state index in [1.807, 2.05) is 0 Å². The molecule has 4 rings (SSSR count). The number of carbonyl (C=O) groups is 1. The van der Waals surface area contributed by atoms with Gasteiger partial charge < -0.3 is 16.0 Å². The Kier molecular flexibility index (Phi) is 4.43. The molecule has 1 amide bonds. The minimum Gasteiger partial charge on any atom is -0.368 e. The first-order valence-electron chi connectivity index (χ1n) is 8.85. The van der Waals surface area contributed by atoms with Gasteiger partial charge in [-0.3, -0.25) is 14.8 Å². The molecule has 1 unspecified atom stereocenters. The zero-order chi connectivity index (χ0) is 18.9. The van der Waals surface area contributed by atoms with Crippen molar-refractivity contribution in [1.29, 1.82) is 0 Å². The molecule has 8 nitrogen and oxygen atoms in total. The van der Waals surface area contributed by atoms with E-state index >= 15 is 0 Å². The molecule has 0 radical (unpaired) electrons. The monoisotopic (exact) mass is 369 g/mol. The van der Waals surface area contributed by atoms with Crippen LogP contribution in [0.2, 0.25) is 0 Å². The number of carbonyl (C=O) groups excluding carboxylic acids is 1. The lowest BCUT2D eigenvalue weighted by Crippen LogP contribution is -2.43. The quantitative estimate of drug-likeness (QED) is 0.793. The number of hydrogen-bond acceptors (Lipinski definition) is 7. The maximum absolute atomic E-state index is 14.2. The molecule has 1 atom stereocenters.